The number of benzene rings is 2. The first-order valence-electron chi connectivity index (χ1n) is 5.49. The third kappa shape index (κ3) is 6.80. The molecule has 116 valence electrons. The maximum atomic E-state index is 12.1. The third-order valence-corrected chi connectivity index (χ3v) is 2.07. The number of carbonyl (C=O) groups is 1. The van der Waals surface area contributed by atoms with Gasteiger partial charge >= 0.3 is 0 Å². The molecular formula is C13H10F2N2O5. The van der Waals surface area contributed by atoms with Gasteiger partial charge in [-0.2, -0.15) is 0 Å². The Kier molecular flexibility index (Phi) is 8.22. The van der Waals surface area contributed by atoms with Crippen LogP contribution in [0.25, 0.3) is 0 Å². The molecule has 0 radical (unpaired) electrons. The molecule has 2 aromatic carbocycles. The third-order valence-electron chi connectivity index (χ3n) is 2.07. The van der Waals surface area contributed by atoms with Crippen LogP contribution in [-0.2, 0) is 4.79 Å². The van der Waals surface area contributed by atoms with Gasteiger partial charge in [-0.25, -0.2) is 8.78 Å². The van der Waals surface area contributed by atoms with Crippen molar-refractivity contribution in [2.45, 2.75) is 0 Å². The second-order valence-electron chi connectivity index (χ2n) is 3.47. The highest BCUT2D eigenvalue weighted by Gasteiger charge is 2.02. The zero-order valence-electron chi connectivity index (χ0n) is 11.0. The number of hydrogen-bond acceptors (Lipinski definition) is 5. The maximum absolute atomic E-state index is 12.1. The van der Waals surface area contributed by atoms with E-state index < -0.39 is 21.5 Å². The van der Waals surface area contributed by atoms with Crippen LogP contribution in [0.5, 0.6) is 0 Å². The summed E-state index contributed by atoms with van der Waals surface area (Å²) in [6.07, 6.45) is 0. The molecule has 0 fully saturated rings. The van der Waals surface area contributed by atoms with Crippen molar-refractivity contribution >= 4 is 18.2 Å². The number of nitrogens with zero attached hydrogens (tertiary/aromatic N) is 2. The average Bonchev–Trinajstić information content (AvgIpc) is 2.51. The van der Waals surface area contributed by atoms with Crippen molar-refractivity contribution in [1.82, 2.24) is 0 Å². The van der Waals surface area contributed by atoms with Crippen molar-refractivity contribution < 1.29 is 23.4 Å². The van der Waals surface area contributed by atoms with Gasteiger partial charge in [0.1, 0.15) is 18.4 Å². The van der Waals surface area contributed by atoms with Gasteiger partial charge in [0.2, 0.25) is 0 Å². The molecule has 0 saturated carbocycles. The first-order valence-corrected chi connectivity index (χ1v) is 5.49. The fourth-order valence-corrected chi connectivity index (χ4v) is 1.13. The number of rotatable bonds is 2. The minimum atomic E-state index is -0.570. The Balaban J connectivity index is 0.000000360. The van der Waals surface area contributed by atoms with Crippen molar-refractivity contribution in [3.8, 4) is 0 Å². The van der Waals surface area contributed by atoms with Gasteiger partial charge in [-0.1, -0.05) is 0 Å². The van der Waals surface area contributed by atoms with Crippen LogP contribution in [0.15, 0.2) is 48.5 Å². The zero-order chi connectivity index (χ0) is 17.1. The van der Waals surface area contributed by atoms with Crippen molar-refractivity contribution in [1.29, 1.82) is 0 Å². The van der Waals surface area contributed by atoms with Crippen LogP contribution < -0.4 is 0 Å². The van der Waals surface area contributed by atoms with Gasteiger partial charge in [0.05, 0.1) is 9.85 Å². The molecule has 2 aromatic rings. The highest BCUT2D eigenvalue weighted by Crippen LogP contribution is 2.10. The lowest BCUT2D eigenvalue weighted by Gasteiger charge is -1.87. The first-order chi connectivity index (χ1) is 10.4. The Morgan fingerprint density at radius 1 is 0.682 bits per heavy atom. The smallest absolute Gasteiger partial charge is 0.269 e. The Hall–Kier alpha value is -3.23. The summed E-state index contributed by atoms with van der Waals surface area (Å²) in [5.41, 5.74) is -0.192. The number of hydrogen-bond donors (Lipinski definition) is 0. The molecule has 0 aliphatic rings. The van der Waals surface area contributed by atoms with Crippen LogP contribution >= 0.6 is 0 Å². The average molecular weight is 312 g/mol. The van der Waals surface area contributed by atoms with Gasteiger partial charge < -0.3 is 4.79 Å². The lowest BCUT2D eigenvalue weighted by Crippen LogP contribution is -1.86. The Bertz CT molecular complexity index is 562. The van der Waals surface area contributed by atoms with Crippen LogP contribution in [0.4, 0.5) is 20.2 Å². The molecule has 0 aromatic heterocycles. The summed E-state index contributed by atoms with van der Waals surface area (Å²) >= 11 is 0. The first kappa shape index (κ1) is 18.8. The van der Waals surface area contributed by atoms with Gasteiger partial charge in [0, 0.05) is 24.3 Å². The Labute approximate surface area is 123 Å². The molecule has 0 N–H and O–H groups in total. The number of halogens is 2. The van der Waals surface area contributed by atoms with E-state index in [0.717, 1.165) is 48.5 Å². The van der Waals surface area contributed by atoms with Crippen LogP contribution in [0, 0.1) is 31.9 Å². The maximum Gasteiger partial charge on any atom is 0.269 e. The van der Waals surface area contributed by atoms with Crippen molar-refractivity contribution in [2.24, 2.45) is 0 Å². The summed E-state index contributed by atoms with van der Waals surface area (Å²) < 4.78 is 24.3. The van der Waals surface area contributed by atoms with Crippen LogP contribution in [-0.4, -0.2) is 16.6 Å². The molecule has 2 rings (SSSR count). The number of nitro groups is 2. The molecule has 0 saturated heterocycles. The minimum Gasteiger partial charge on any atom is -0.307 e. The van der Waals surface area contributed by atoms with E-state index >= 15 is 0 Å². The monoisotopic (exact) mass is 312 g/mol. The van der Waals surface area contributed by atoms with Crippen molar-refractivity contribution in [3.05, 3.63) is 80.4 Å². The molecule has 7 nitrogen and oxygen atoms in total. The highest BCUT2D eigenvalue weighted by atomic mass is 19.1. The van der Waals surface area contributed by atoms with E-state index in [-0.39, 0.29) is 11.4 Å². The summed E-state index contributed by atoms with van der Waals surface area (Å²) in [7, 11) is 0. The zero-order valence-corrected chi connectivity index (χ0v) is 11.0. The molecular weight excluding hydrogens is 302 g/mol. The molecule has 0 bridgehead atoms. The Morgan fingerprint density at radius 3 is 1.09 bits per heavy atom. The predicted molar refractivity (Wildman–Crippen MR) is 73.2 cm³/mol. The summed E-state index contributed by atoms with van der Waals surface area (Å²) in [6, 6.07) is 8.70. The predicted octanol–water partition coefficient (Wildman–Crippen LogP) is 3.28. The van der Waals surface area contributed by atoms with Gasteiger partial charge in [-0.15, -0.1) is 0 Å². The lowest BCUT2D eigenvalue weighted by atomic mass is 10.3. The van der Waals surface area contributed by atoms with Gasteiger partial charge in [-0.05, 0) is 24.3 Å². The second-order valence-corrected chi connectivity index (χ2v) is 3.47. The standard InChI is InChI=1S/2C6H4FNO2.CH2O/c2*7-5-1-3-6(4-2-5)8(9)10;1-2/h2*1-4H;1H2. The summed E-state index contributed by atoms with van der Waals surface area (Å²) in [4.78, 5) is 26.9. The minimum absolute atomic E-state index is 0.0959. The normalized spacial score (nSPS) is 8.64. The Morgan fingerprint density at radius 2 is 0.909 bits per heavy atom. The van der Waals surface area contributed by atoms with Gasteiger partial charge in [0.15, 0.2) is 0 Å². The fourth-order valence-electron chi connectivity index (χ4n) is 1.13. The molecule has 0 aliphatic carbocycles. The molecule has 0 heterocycles. The topological polar surface area (TPSA) is 103 Å². The summed E-state index contributed by atoms with van der Waals surface area (Å²) in [5.74, 6) is -0.934. The molecule has 9 heteroatoms. The summed E-state index contributed by atoms with van der Waals surface area (Å²) in [6.45, 7) is 2.00. The van der Waals surface area contributed by atoms with E-state index in [1.54, 1.807) is 0 Å². The number of carbonyl (C=O) groups excluding carboxylic acids is 1. The van der Waals surface area contributed by atoms with Crippen LogP contribution in [0.3, 0.4) is 0 Å². The van der Waals surface area contributed by atoms with Crippen molar-refractivity contribution in [2.75, 3.05) is 0 Å². The SMILES string of the molecule is C=O.O=[N+]([O-])c1ccc(F)cc1.O=[N+]([O-])c1ccc(F)cc1. The molecule has 22 heavy (non-hydrogen) atoms. The molecule has 0 unspecified atom stereocenters. The lowest BCUT2D eigenvalue weighted by molar-refractivity contribution is -0.385. The highest BCUT2D eigenvalue weighted by molar-refractivity contribution is 5.29. The van der Waals surface area contributed by atoms with Crippen LogP contribution in [0.1, 0.15) is 0 Å². The van der Waals surface area contributed by atoms with Crippen molar-refractivity contribution in [3.63, 3.8) is 0 Å². The number of nitro benzene ring substituents is 2. The van der Waals surface area contributed by atoms with Gasteiger partial charge in [-0.3, -0.25) is 20.2 Å². The van der Waals surface area contributed by atoms with E-state index in [2.05, 4.69) is 0 Å². The van der Waals surface area contributed by atoms with E-state index in [0.29, 0.717) is 0 Å². The van der Waals surface area contributed by atoms with E-state index in [4.69, 9.17) is 4.79 Å². The summed E-state index contributed by atoms with van der Waals surface area (Å²) in [5, 5.41) is 20.0. The van der Waals surface area contributed by atoms with Crippen LogP contribution in [0.2, 0.25) is 0 Å². The van der Waals surface area contributed by atoms with Gasteiger partial charge in [0.25, 0.3) is 11.4 Å². The quantitative estimate of drug-likeness (QED) is 0.625. The molecule has 0 spiro atoms. The fraction of sp³-hybridized carbons (Fsp3) is 0. The second kappa shape index (κ2) is 9.64. The van der Waals surface area contributed by atoms with E-state index in [9.17, 15) is 29.0 Å². The van der Waals surface area contributed by atoms with E-state index in [1.165, 1.54) is 0 Å². The molecule has 0 atom stereocenters. The number of non-ortho nitro benzene ring substituents is 2. The molecule has 0 aliphatic heterocycles. The van der Waals surface area contributed by atoms with E-state index in [1.807, 2.05) is 6.79 Å². The molecule has 0 amide bonds. The largest absolute Gasteiger partial charge is 0.307 e.